The van der Waals surface area contributed by atoms with E-state index in [0.29, 0.717) is 32.0 Å². The molecule has 1 unspecified atom stereocenters. The zero-order chi connectivity index (χ0) is 12.5. The predicted molar refractivity (Wildman–Crippen MR) is 68.9 cm³/mol. The number of amides is 1. The number of hydrogen-bond donors (Lipinski definition) is 1. The van der Waals surface area contributed by atoms with Crippen LogP contribution in [0.2, 0.25) is 0 Å². The SMILES string of the molecule is C=CCN(CCOC)C(=O)CCC1CCNC1. The number of ether oxygens (including phenoxy) is 1. The molecule has 1 aliphatic heterocycles. The fourth-order valence-corrected chi connectivity index (χ4v) is 2.12. The number of nitrogens with one attached hydrogen (secondary N) is 1. The van der Waals surface area contributed by atoms with E-state index in [1.165, 1.54) is 6.42 Å². The Labute approximate surface area is 104 Å². The lowest BCUT2D eigenvalue weighted by Gasteiger charge is -2.21. The topological polar surface area (TPSA) is 41.6 Å². The summed E-state index contributed by atoms with van der Waals surface area (Å²) in [5.41, 5.74) is 0. The average molecular weight is 240 g/mol. The van der Waals surface area contributed by atoms with Crippen molar-refractivity contribution in [3.8, 4) is 0 Å². The summed E-state index contributed by atoms with van der Waals surface area (Å²) in [6, 6.07) is 0. The maximum Gasteiger partial charge on any atom is 0.222 e. The Kier molecular flexibility index (Phi) is 6.89. The first-order chi connectivity index (χ1) is 8.27. The minimum Gasteiger partial charge on any atom is -0.383 e. The van der Waals surface area contributed by atoms with Crippen molar-refractivity contribution in [1.82, 2.24) is 10.2 Å². The molecule has 1 aliphatic rings. The molecule has 0 spiro atoms. The van der Waals surface area contributed by atoms with Gasteiger partial charge in [0.2, 0.25) is 5.91 Å². The van der Waals surface area contributed by atoms with Crippen LogP contribution in [0, 0.1) is 5.92 Å². The molecule has 1 amide bonds. The Hall–Kier alpha value is -0.870. The van der Waals surface area contributed by atoms with E-state index in [0.717, 1.165) is 19.5 Å². The van der Waals surface area contributed by atoms with Crippen LogP contribution in [0.5, 0.6) is 0 Å². The molecule has 1 saturated heterocycles. The Morgan fingerprint density at radius 3 is 3.06 bits per heavy atom. The monoisotopic (exact) mass is 240 g/mol. The quantitative estimate of drug-likeness (QED) is 0.645. The lowest BCUT2D eigenvalue weighted by molar-refractivity contribution is -0.131. The first-order valence-electron chi connectivity index (χ1n) is 6.36. The molecule has 1 N–H and O–H groups in total. The van der Waals surface area contributed by atoms with Crippen molar-refractivity contribution in [3.05, 3.63) is 12.7 Å². The van der Waals surface area contributed by atoms with Crippen molar-refractivity contribution in [2.75, 3.05) is 39.9 Å². The third kappa shape index (κ3) is 5.33. The largest absolute Gasteiger partial charge is 0.383 e. The van der Waals surface area contributed by atoms with E-state index in [4.69, 9.17) is 4.74 Å². The van der Waals surface area contributed by atoms with E-state index < -0.39 is 0 Å². The molecule has 0 bridgehead atoms. The van der Waals surface area contributed by atoms with Gasteiger partial charge in [-0.3, -0.25) is 4.79 Å². The van der Waals surface area contributed by atoms with Gasteiger partial charge in [-0.25, -0.2) is 0 Å². The highest BCUT2D eigenvalue weighted by Crippen LogP contribution is 2.15. The minimum atomic E-state index is 0.217. The van der Waals surface area contributed by atoms with Crippen LogP contribution in [0.3, 0.4) is 0 Å². The second-order valence-electron chi connectivity index (χ2n) is 4.52. The van der Waals surface area contributed by atoms with Crippen LogP contribution in [0.25, 0.3) is 0 Å². The van der Waals surface area contributed by atoms with Gasteiger partial charge in [0.1, 0.15) is 0 Å². The standard InChI is InChI=1S/C13H24N2O2/c1-3-8-15(9-10-17-2)13(16)5-4-12-6-7-14-11-12/h3,12,14H,1,4-11H2,2H3. The zero-order valence-corrected chi connectivity index (χ0v) is 10.8. The van der Waals surface area contributed by atoms with Crippen molar-refractivity contribution < 1.29 is 9.53 Å². The Morgan fingerprint density at radius 2 is 2.47 bits per heavy atom. The number of nitrogens with zero attached hydrogens (tertiary/aromatic N) is 1. The number of carbonyl (C=O) groups excluding carboxylic acids is 1. The van der Waals surface area contributed by atoms with Gasteiger partial charge in [0, 0.05) is 26.6 Å². The minimum absolute atomic E-state index is 0.217. The Bertz CT molecular complexity index is 238. The third-order valence-electron chi connectivity index (χ3n) is 3.20. The normalized spacial score (nSPS) is 19.2. The van der Waals surface area contributed by atoms with Gasteiger partial charge in [-0.05, 0) is 31.8 Å². The van der Waals surface area contributed by atoms with Gasteiger partial charge in [-0.15, -0.1) is 6.58 Å². The molecule has 1 rings (SSSR count). The highest BCUT2D eigenvalue weighted by atomic mass is 16.5. The second kappa shape index (κ2) is 8.25. The molecular weight excluding hydrogens is 216 g/mol. The molecular formula is C13H24N2O2. The van der Waals surface area contributed by atoms with Crippen molar-refractivity contribution in [1.29, 1.82) is 0 Å². The summed E-state index contributed by atoms with van der Waals surface area (Å²) in [5.74, 6) is 0.890. The van der Waals surface area contributed by atoms with Crippen LogP contribution >= 0.6 is 0 Å². The number of methoxy groups -OCH3 is 1. The predicted octanol–water partition coefficient (Wildman–Crippen LogP) is 1.04. The number of hydrogen-bond acceptors (Lipinski definition) is 3. The number of carbonyl (C=O) groups is 1. The molecule has 0 aromatic rings. The van der Waals surface area contributed by atoms with Crippen LogP contribution in [-0.4, -0.2) is 50.7 Å². The fourth-order valence-electron chi connectivity index (χ4n) is 2.12. The lowest BCUT2D eigenvalue weighted by Crippen LogP contribution is -2.34. The van der Waals surface area contributed by atoms with E-state index in [1.807, 2.05) is 4.90 Å². The summed E-state index contributed by atoms with van der Waals surface area (Å²) in [5, 5.41) is 3.32. The first-order valence-corrected chi connectivity index (χ1v) is 6.36. The highest BCUT2D eigenvalue weighted by molar-refractivity contribution is 5.76. The van der Waals surface area contributed by atoms with Crippen molar-refractivity contribution in [2.45, 2.75) is 19.3 Å². The lowest BCUT2D eigenvalue weighted by atomic mass is 10.0. The van der Waals surface area contributed by atoms with Crippen LogP contribution in [0.4, 0.5) is 0 Å². The zero-order valence-electron chi connectivity index (χ0n) is 10.8. The van der Waals surface area contributed by atoms with Crippen molar-refractivity contribution in [3.63, 3.8) is 0 Å². The van der Waals surface area contributed by atoms with Crippen molar-refractivity contribution in [2.24, 2.45) is 5.92 Å². The first kappa shape index (κ1) is 14.2. The van der Waals surface area contributed by atoms with Crippen LogP contribution in [0.1, 0.15) is 19.3 Å². The van der Waals surface area contributed by atoms with Crippen LogP contribution < -0.4 is 5.32 Å². The molecule has 0 radical (unpaired) electrons. The second-order valence-corrected chi connectivity index (χ2v) is 4.52. The molecule has 1 heterocycles. The van der Waals surface area contributed by atoms with Gasteiger partial charge < -0.3 is 15.0 Å². The molecule has 0 aromatic carbocycles. The van der Waals surface area contributed by atoms with E-state index in [2.05, 4.69) is 11.9 Å². The van der Waals surface area contributed by atoms with E-state index in [1.54, 1.807) is 13.2 Å². The van der Waals surface area contributed by atoms with E-state index in [-0.39, 0.29) is 5.91 Å². The van der Waals surface area contributed by atoms with Gasteiger partial charge >= 0.3 is 0 Å². The summed E-state index contributed by atoms with van der Waals surface area (Å²) < 4.78 is 5.01. The highest BCUT2D eigenvalue weighted by Gasteiger charge is 2.18. The molecule has 4 nitrogen and oxygen atoms in total. The Balaban J connectivity index is 2.27. The number of rotatable bonds is 8. The fraction of sp³-hybridized carbons (Fsp3) is 0.769. The maximum absolute atomic E-state index is 12.0. The summed E-state index contributed by atoms with van der Waals surface area (Å²) in [4.78, 5) is 13.8. The van der Waals surface area contributed by atoms with E-state index in [9.17, 15) is 4.79 Å². The van der Waals surface area contributed by atoms with Gasteiger partial charge in [-0.1, -0.05) is 6.08 Å². The molecule has 0 aromatic heterocycles. The van der Waals surface area contributed by atoms with Gasteiger partial charge in [0.05, 0.1) is 6.61 Å². The summed E-state index contributed by atoms with van der Waals surface area (Å²) in [6.07, 6.45) is 4.61. The molecule has 98 valence electrons. The van der Waals surface area contributed by atoms with Crippen LogP contribution in [0.15, 0.2) is 12.7 Å². The summed E-state index contributed by atoms with van der Waals surface area (Å²) in [7, 11) is 1.65. The maximum atomic E-state index is 12.0. The Morgan fingerprint density at radius 1 is 1.65 bits per heavy atom. The van der Waals surface area contributed by atoms with E-state index >= 15 is 0 Å². The van der Waals surface area contributed by atoms with Crippen LogP contribution in [-0.2, 0) is 9.53 Å². The smallest absolute Gasteiger partial charge is 0.222 e. The van der Waals surface area contributed by atoms with Gasteiger partial charge in [0.15, 0.2) is 0 Å². The molecule has 0 aliphatic carbocycles. The third-order valence-corrected chi connectivity index (χ3v) is 3.20. The average Bonchev–Trinajstić information content (AvgIpc) is 2.84. The summed E-state index contributed by atoms with van der Waals surface area (Å²) >= 11 is 0. The van der Waals surface area contributed by atoms with Crippen molar-refractivity contribution >= 4 is 5.91 Å². The van der Waals surface area contributed by atoms with Gasteiger partial charge in [-0.2, -0.15) is 0 Å². The molecule has 1 fully saturated rings. The molecule has 1 atom stereocenters. The summed E-state index contributed by atoms with van der Waals surface area (Å²) in [6.45, 7) is 7.70. The van der Waals surface area contributed by atoms with Gasteiger partial charge in [0.25, 0.3) is 0 Å². The molecule has 17 heavy (non-hydrogen) atoms. The molecule has 0 saturated carbocycles. The molecule has 4 heteroatoms.